The van der Waals surface area contributed by atoms with Gasteiger partial charge in [-0.2, -0.15) is 0 Å². The molecule has 5 heteroatoms. The molecule has 1 N–H and O–H groups in total. The number of hydrogen-bond donors (Lipinski definition) is 1. The van der Waals surface area contributed by atoms with Crippen LogP contribution in [0.25, 0.3) is 6.08 Å². The van der Waals surface area contributed by atoms with Gasteiger partial charge >= 0.3 is 0 Å². The van der Waals surface area contributed by atoms with Crippen molar-refractivity contribution >= 4 is 12.0 Å². The van der Waals surface area contributed by atoms with Gasteiger partial charge in [-0.3, -0.25) is 9.69 Å². The van der Waals surface area contributed by atoms with Gasteiger partial charge in [0.05, 0.1) is 6.26 Å². The van der Waals surface area contributed by atoms with E-state index in [1.807, 2.05) is 13.1 Å². The normalized spacial score (nSPS) is 16.9. The number of rotatable bonds is 5. The maximum absolute atomic E-state index is 11.9. The topological polar surface area (TPSA) is 48.7 Å². The van der Waals surface area contributed by atoms with Crippen LogP contribution >= 0.6 is 0 Å². The summed E-state index contributed by atoms with van der Waals surface area (Å²) in [6.07, 6.45) is 4.85. The van der Waals surface area contributed by atoms with E-state index in [9.17, 15) is 4.79 Å². The van der Waals surface area contributed by atoms with Crippen molar-refractivity contribution < 1.29 is 9.21 Å². The Hall–Kier alpha value is -1.59. The Labute approximate surface area is 113 Å². The van der Waals surface area contributed by atoms with E-state index in [1.165, 1.54) is 0 Å². The van der Waals surface area contributed by atoms with Crippen molar-refractivity contribution in [3.63, 3.8) is 0 Å². The molecule has 0 bridgehead atoms. The largest absolute Gasteiger partial charge is 0.465 e. The van der Waals surface area contributed by atoms with Gasteiger partial charge in [-0.25, -0.2) is 0 Å². The van der Waals surface area contributed by atoms with E-state index in [1.54, 1.807) is 29.4 Å². The molecule has 0 saturated carbocycles. The highest BCUT2D eigenvalue weighted by Gasteiger charge is 2.11. The molecule has 1 aromatic heterocycles. The molecule has 1 aliphatic rings. The average molecular weight is 263 g/mol. The molecule has 1 amide bonds. The Kier molecular flexibility index (Phi) is 5.18. The van der Waals surface area contributed by atoms with E-state index in [2.05, 4.69) is 10.2 Å². The summed E-state index contributed by atoms with van der Waals surface area (Å²) in [5.74, 6) is 0.704. The molecule has 0 unspecified atom stereocenters. The zero-order chi connectivity index (χ0) is 13.5. The quantitative estimate of drug-likeness (QED) is 0.793. The van der Waals surface area contributed by atoms with Crippen molar-refractivity contribution in [1.82, 2.24) is 15.1 Å². The number of likely N-dealkylation sites (N-methyl/N-ethyl adjacent to an activating group) is 1. The van der Waals surface area contributed by atoms with Gasteiger partial charge < -0.3 is 14.6 Å². The van der Waals surface area contributed by atoms with Gasteiger partial charge in [0.1, 0.15) is 5.76 Å². The SMILES string of the molecule is CN(CCN1CCNCC1)C(=O)C=Cc1ccco1. The number of carbonyl (C=O) groups excluding carboxylic acids is 1. The summed E-state index contributed by atoms with van der Waals surface area (Å²) in [5.41, 5.74) is 0. The monoisotopic (exact) mass is 263 g/mol. The first-order valence-corrected chi connectivity index (χ1v) is 6.65. The fraction of sp³-hybridized carbons (Fsp3) is 0.500. The minimum Gasteiger partial charge on any atom is -0.465 e. The first-order valence-electron chi connectivity index (χ1n) is 6.65. The van der Waals surface area contributed by atoms with Crippen molar-refractivity contribution in [1.29, 1.82) is 0 Å². The van der Waals surface area contributed by atoms with Crippen molar-refractivity contribution in [2.75, 3.05) is 46.3 Å². The number of furan rings is 1. The van der Waals surface area contributed by atoms with Crippen molar-refractivity contribution in [3.05, 3.63) is 30.2 Å². The molecule has 1 saturated heterocycles. The van der Waals surface area contributed by atoms with Crippen LogP contribution < -0.4 is 5.32 Å². The second-order valence-electron chi connectivity index (χ2n) is 4.70. The lowest BCUT2D eigenvalue weighted by molar-refractivity contribution is -0.124. The minimum atomic E-state index is 0.00605. The van der Waals surface area contributed by atoms with E-state index in [0.717, 1.165) is 39.3 Å². The summed E-state index contributed by atoms with van der Waals surface area (Å²) in [7, 11) is 1.83. The number of nitrogens with one attached hydrogen (secondary N) is 1. The average Bonchev–Trinajstić information content (AvgIpc) is 2.96. The highest BCUT2D eigenvalue weighted by atomic mass is 16.3. The Morgan fingerprint density at radius 1 is 1.53 bits per heavy atom. The molecule has 0 spiro atoms. The van der Waals surface area contributed by atoms with Gasteiger partial charge in [0.25, 0.3) is 0 Å². The van der Waals surface area contributed by atoms with Gasteiger partial charge in [0.2, 0.25) is 5.91 Å². The Morgan fingerprint density at radius 3 is 3.00 bits per heavy atom. The van der Waals surface area contributed by atoms with E-state index in [0.29, 0.717) is 5.76 Å². The summed E-state index contributed by atoms with van der Waals surface area (Å²) >= 11 is 0. The summed E-state index contributed by atoms with van der Waals surface area (Å²) in [4.78, 5) is 16.0. The fourth-order valence-electron chi connectivity index (χ4n) is 2.00. The maximum atomic E-state index is 11.9. The first-order chi connectivity index (χ1) is 9.25. The molecule has 0 aliphatic carbocycles. The van der Waals surface area contributed by atoms with Gasteiger partial charge in [-0.05, 0) is 18.2 Å². The number of hydrogen-bond acceptors (Lipinski definition) is 4. The summed E-state index contributed by atoms with van der Waals surface area (Å²) in [5, 5.41) is 3.32. The zero-order valence-corrected chi connectivity index (χ0v) is 11.3. The first kappa shape index (κ1) is 13.8. The van der Waals surface area contributed by atoms with E-state index in [-0.39, 0.29) is 5.91 Å². The minimum absolute atomic E-state index is 0.00605. The van der Waals surface area contributed by atoms with Crippen LogP contribution in [-0.4, -0.2) is 62.0 Å². The Bertz CT molecular complexity index is 408. The molecule has 1 fully saturated rings. The standard InChI is InChI=1S/C14H21N3O2/c1-16(10-11-17-8-6-15-7-9-17)14(18)5-4-13-3-2-12-19-13/h2-5,12,15H,6-11H2,1H3. The van der Waals surface area contributed by atoms with Crippen molar-refractivity contribution in [2.24, 2.45) is 0 Å². The Balaban J connectivity index is 1.72. The highest BCUT2D eigenvalue weighted by molar-refractivity contribution is 5.91. The van der Waals surface area contributed by atoms with Gasteiger partial charge in [0.15, 0.2) is 0 Å². The molecule has 0 atom stereocenters. The third-order valence-corrected chi connectivity index (χ3v) is 3.27. The molecule has 2 heterocycles. The lowest BCUT2D eigenvalue weighted by Gasteiger charge is -2.28. The lowest BCUT2D eigenvalue weighted by Crippen LogP contribution is -2.46. The van der Waals surface area contributed by atoms with Crippen molar-refractivity contribution in [3.8, 4) is 0 Å². The van der Waals surface area contributed by atoms with Crippen LogP contribution in [0.3, 0.4) is 0 Å². The van der Waals surface area contributed by atoms with Crippen LogP contribution in [0, 0.1) is 0 Å². The Morgan fingerprint density at radius 2 is 2.32 bits per heavy atom. The molecule has 19 heavy (non-hydrogen) atoms. The second-order valence-corrected chi connectivity index (χ2v) is 4.70. The molecule has 5 nitrogen and oxygen atoms in total. The van der Waals surface area contributed by atoms with Gasteiger partial charge in [0, 0.05) is 52.4 Å². The van der Waals surface area contributed by atoms with Crippen LogP contribution in [0.5, 0.6) is 0 Å². The third kappa shape index (κ3) is 4.54. The predicted octanol–water partition coefficient (Wildman–Crippen LogP) is 0.656. The summed E-state index contributed by atoms with van der Waals surface area (Å²) < 4.78 is 5.15. The van der Waals surface area contributed by atoms with E-state index < -0.39 is 0 Å². The summed E-state index contributed by atoms with van der Waals surface area (Å²) in [6, 6.07) is 3.63. The van der Waals surface area contributed by atoms with Gasteiger partial charge in [-0.15, -0.1) is 0 Å². The lowest BCUT2D eigenvalue weighted by atomic mass is 10.3. The van der Waals surface area contributed by atoms with Crippen LogP contribution in [0.2, 0.25) is 0 Å². The van der Waals surface area contributed by atoms with Gasteiger partial charge in [-0.1, -0.05) is 0 Å². The van der Waals surface area contributed by atoms with Crippen LogP contribution in [0.1, 0.15) is 5.76 Å². The smallest absolute Gasteiger partial charge is 0.246 e. The van der Waals surface area contributed by atoms with E-state index in [4.69, 9.17) is 4.42 Å². The number of amides is 1. The van der Waals surface area contributed by atoms with Crippen molar-refractivity contribution in [2.45, 2.75) is 0 Å². The van der Waals surface area contributed by atoms with Crippen LogP contribution in [0.4, 0.5) is 0 Å². The number of piperazine rings is 1. The molecule has 1 aliphatic heterocycles. The molecule has 104 valence electrons. The second kappa shape index (κ2) is 7.11. The zero-order valence-electron chi connectivity index (χ0n) is 11.3. The van der Waals surface area contributed by atoms with Crippen LogP contribution in [-0.2, 0) is 4.79 Å². The summed E-state index contributed by atoms with van der Waals surface area (Å²) in [6.45, 7) is 5.88. The molecule has 0 aromatic carbocycles. The third-order valence-electron chi connectivity index (χ3n) is 3.27. The number of nitrogens with zero attached hydrogens (tertiary/aromatic N) is 2. The molecule has 2 rings (SSSR count). The molecular weight excluding hydrogens is 242 g/mol. The fourth-order valence-corrected chi connectivity index (χ4v) is 2.00. The maximum Gasteiger partial charge on any atom is 0.246 e. The molecule has 0 radical (unpaired) electrons. The number of carbonyl (C=O) groups is 1. The van der Waals surface area contributed by atoms with Crippen LogP contribution in [0.15, 0.2) is 28.9 Å². The molecule has 1 aromatic rings. The molecular formula is C14H21N3O2. The van der Waals surface area contributed by atoms with E-state index >= 15 is 0 Å². The predicted molar refractivity (Wildman–Crippen MR) is 74.7 cm³/mol. The highest BCUT2D eigenvalue weighted by Crippen LogP contribution is 2.03.